The summed E-state index contributed by atoms with van der Waals surface area (Å²) < 4.78 is 24.3. The third kappa shape index (κ3) is 3.21. The number of carbonyl (C=O) groups is 1. The van der Waals surface area contributed by atoms with Gasteiger partial charge in [-0.3, -0.25) is 4.79 Å². The van der Waals surface area contributed by atoms with E-state index in [2.05, 4.69) is 13.8 Å². The zero-order chi connectivity index (χ0) is 14.9. The smallest absolute Gasteiger partial charge is 0.264 e. The van der Waals surface area contributed by atoms with Crippen LogP contribution in [0, 0.1) is 0 Å². The summed E-state index contributed by atoms with van der Waals surface area (Å²) in [7, 11) is -3.15. The van der Waals surface area contributed by atoms with Crippen molar-refractivity contribution in [3.8, 4) is 0 Å². The molecule has 0 unspecified atom stereocenters. The molecule has 1 aromatic heterocycles. The van der Waals surface area contributed by atoms with E-state index in [1.54, 1.807) is 4.90 Å². The summed E-state index contributed by atoms with van der Waals surface area (Å²) in [5, 5.41) is 1.94. The van der Waals surface area contributed by atoms with E-state index in [1.807, 2.05) is 11.4 Å². The molecule has 112 valence electrons. The van der Waals surface area contributed by atoms with E-state index < -0.39 is 10.0 Å². The SMILES string of the molecule is CC(C)c1ccsc1C(=O)N1CCN(S(C)(=O)=O)CC1. The molecule has 0 aliphatic carbocycles. The van der Waals surface area contributed by atoms with Crippen molar-refractivity contribution in [3.05, 3.63) is 21.9 Å². The maximum Gasteiger partial charge on any atom is 0.264 e. The number of piperazine rings is 1. The van der Waals surface area contributed by atoms with E-state index in [9.17, 15) is 13.2 Å². The molecule has 5 nitrogen and oxygen atoms in total. The monoisotopic (exact) mass is 316 g/mol. The Kier molecular flexibility index (Phi) is 4.51. The van der Waals surface area contributed by atoms with Crippen molar-refractivity contribution in [2.24, 2.45) is 0 Å². The molecule has 0 radical (unpaired) electrons. The van der Waals surface area contributed by atoms with Gasteiger partial charge in [-0.2, -0.15) is 4.31 Å². The molecule has 1 aromatic rings. The summed E-state index contributed by atoms with van der Waals surface area (Å²) in [6.45, 7) is 5.82. The van der Waals surface area contributed by atoms with Gasteiger partial charge in [0.15, 0.2) is 0 Å². The van der Waals surface area contributed by atoms with Crippen molar-refractivity contribution < 1.29 is 13.2 Å². The standard InChI is InChI=1S/C13H20N2O3S2/c1-10(2)11-4-9-19-12(11)13(16)14-5-7-15(8-6-14)20(3,17)18/h4,9-10H,5-8H2,1-3H3. The van der Waals surface area contributed by atoms with E-state index in [-0.39, 0.29) is 5.91 Å². The van der Waals surface area contributed by atoms with Gasteiger partial charge in [-0.25, -0.2) is 8.42 Å². The lowest BCUT2D eigenvalue weighted by Crippen LogP contribution is -2.50. The Labute approximate surface area is 124 Å². The third-order valence-corrected chi connectivity index (χ3v) is 5.73. The minimum atomic E-state index is -3.15. The van der Waals surface area contributed by atoms with Crippen LogP contribution >= 0.6 is 11.3 Å². The summed E-state index contributed by atoms with van der Waals surface area (Å²) in [5.74, 6) is 0.342. The van der Waals surface area contributed by atoms with Gasteiger partial charge in [-0.1, -0.05) is 13.8 Å². The first kappa shape index (κ1) is 15.5. The molecule has 0 spiro atoms. The Morgan fingerprint density at radius 2 is 1.85 bits per heavy atom. The second kappa shape index (κ2) is 5.83. The minimum Gasteiger partial charge on any atom is -0.335 e. The van der Waals surface area contributed by atoms with E-state index in [1.165, 1.54) is 21.9 Å². The van der Waals surface area contributed by atoms with Crippen LogP contribution in [0.5, 0.6) is 0 Å². The van der Waals surface area contributed by atoms with Gasteiger partial charge in [-0.15, -0.1) is 11.3 Å². The van der Waals surface area contributed by atoms with Gasteiger partial charge in [0.1, 0.15) is 0 Å². The molecular formula is C13H20N2O3S2. The van der Waals surface area contributed by atoms with Gasteiger partial charge in [0.25, 0.3) is 5.91 Å². The van der Waals surface area contributed by atoms with Crippen molar-refractivity contribution in [2.75, 3.05) is 32.4 Å². The fourth-order valence-corrected chi connectivity index (χ4v) is 4.16. The van der Waals surface area contributed by atoms with Gasteiger partial charge in [-0.05, 0) is 22.9 Å². The minimum absolute atomic E-state index is 0.0249. The predicted molar refractivity (Wildman–Crippen MR) is 80.7 cm³/mol. The molecule has 0 atom stereocenters. The average molecular weight is 316 g/mol. The van der Waals surface area contributed by atoms with E-state index in [0.717, 1.165) is 10.4 Å². The summed E-state index contributed by atoms with van der Waals surface area (Å²) in [5.41, 5.74) is 1.07. The van der Waals surface area contributed by atoms with Crippen LogP contribution in [0.3, 0.4) is 0 Å². The first-order chi connectivity index (χ1) is 9.30. The molecule has 1 aliphatic rings. The van der Waals surface area contributed by atoms with Gasteiger partial charge in [0, 0.05) is 26.2 Å². The number of thiophene rings is 1. The van der Waals surface area contributed by atoms with Gasteiger partial charge < -0.3 is 4.90 Å². The van der Waals surface area contributed by atoms with Crippen LogP contribution in [0.15, 0.2) is 11.4 Å². The Hall–Kier alpha value is -0.920. The topological polar surface area (TPSA) is 57.7 Å². The number of hydrogen-bond donors (Lipinski definition) is 0. The highest BCUT2D eigenvalue weighted by atomic mass is 32.2. The zero-order valence-corrected chi connectivity index (χ0v) is 13.6. The van der Waals surface area contributed by atoms with Crippen molar-refractivity contribution >= 4 is 27.3 Å². The molecular weight excluding hydrogens is 296 g/mol. The number of carbonyl (C=O) groups excluding carboxylic acids is 1. The van der Waals surface area contributed by atoms with Crippen molar-refractivity contribution in [3.63, 3.8) is 0 Å². The van der Waals surface area contributed by atoms with Crippen LogP contribution in [0.1, 0.15) is 35.0 Å². The Morgan fingerprint density at radius 1 is 1.25 bits per heavy atom. The molecule has 2 heterocycles. The molecule has 0 N–H and O–H groups in total. The summed E-state index contributed by atoms with van der Waals surface area (Å²) in [6, 6.07) is 2.00. The largest absolute Gasteiger partial charge is 0.335 e. The quantitative estimate of drug-likeness (QED) is 0.851. The highest BCUT2D eigenvalue weighted by Gasteiger charge is 2.28. The van der Waals surface area contributed by atoms with Crippen LogP contribution in [-0.4, -0.2) is 56.0 Å². The molecule has 20 heavy (non-hydrogen) atoms. The molecule has 1 fully saturated rings. The van der Waals surface area contributed by atoms with E-state index in [4.69, 9.17) is 0 Å². The lowest BCUT2D eigenvalue weighted by Gasteiger charge is -2.33. The third-order valence-electron chi connectivity index (χ3n) is 3.51. The summed E-state index contributed by atoms with van der Waals surface area (Å²) in [6.07, 6.45) is 1.21. The number of hydrogen-bond acceptors (Lipinski definition) is 4. The molecule has 1 aliphatic heterocycles. The number of rotatable bonds is 3. The van der Waals surface area contributed by atoms with Crippen molar-refractivity contribution in [1.29, 1.82) is 0 Å². The zero-order valence-electron chi connectivity index (χ0n) is 12.0. The first-order valence-electron chi connectivity index (χ1n) is 6.62. The summed E-state index contributed by atoms with van der Waals surface area (Å²) >= 11 is 1.46. The molecule has 1 saturated heterocycles. The lowest BCUT2D eigenvalue weighted by molar-refractivity contribution is 0.0702. The lowest BCUT2D eigenvalue weighted by atomic mass is 10.0. The summed E-state index contributed by atoms with van der Waals surface area (Å²) in [4.78, 5) is 15.0. The average Bonchev–Trinajstić information content (AvgIpc) is 2.86. The number of amides is 1. The molecule has 0 bridgehead atoms. The normalized spacial score (nSPS) is 17.7. The maximum atomic E-state index is 12.5. The Bertz CT molecular complexity index is 585. The second-order valence-electron chi connectivity index (χ2n) is 5.31. The van der Waals surface area contributed by atoms with Crippen LogP contribution in [-0.2, 0) is 10.0 Å². The van der Waals surface area contributed by atoms with Crippen LogP contribution < -0.4 is 0 Å². The van der Waals surface area contributed by atoms with Gasteiger partial charge in [0.2, 0.25) is 10.0 Å². The van der Waals surface area contributed by atoms with E-state index in [0.29, 0.717) is 32.1 Å². The molecule has 0 aromatic carbocycles. The van der Waals surface area contributed by atoms with Gasteiger partial charge >= 0.3 is 0 Å². The second-order valence-corrected chi connectivity index (χ2v) is 8.21. The van der Waals surface area contributed by atoms with Crippen LogP contribution in [0.25, 0.3) is 0 Å². The Balaban J connectivity index is 2.07. The Morgan fingerprint density at radius 3 is 2.35 bits per heavy atom. The molecule has 7 heteroatoms. The highest BCUT2D eigenvalue weighted by Crippen LogP contribution is 2.26. The highest BCUT2D eigenvalue weighted by molar-refractivity contribution is 7.88. The molecule has 1 amide bonds. The van der Waals surface area contributed by atoms with Gasteiger partial charge in [0.05, 0.1) is 11.1 Å². The predicted octanol–water partition coefficient (Wildman–Crippen LogP) is 1.59. The maximum absolute atomic E-state index is 12.5. The molecule has 0 saturated carbocycles. The van der Waals surface area contributed by atoms with Crippen LogP contribution in [0.4, 0.5) is 0 Å². The number of nitrogens with zero attached hydrogens (tertiary/aromatic N) is 2. The fraction of sp³-hybridized carbons (Fsp3) is 0.615. The number of sulfonamides is 1. The molecule has 2 rings (SSSR count). The van der Waals surface area contributed by atoms with Crippen LogP contribution in [0.2, 0.25) is 0 Å². The van der Waals surface area contributed by atoms with E-state index >= 15 is 0 Å². The van der Waals surface area contributed by atoms with Crippen molar-refractivity contribution in [2.45, 2.75) is 19.8 Å². The fourth-order valence-electron chi connectivity index (χ4n) is 2.31. The first-order valence-corrected chi connectivity index (χ1v) is 9.35. The van der Waals surface area contributed by atoms with Crippen molar-refractivity contribution in [1.82, 2.24) is 9.21 Å².